The summed E-state index contributed by atoms with van der Waals surface area (Å²) in [7, 11) is 0. The number of ether oxygens (including phenoxy) is 1. The van der Waals surface area contributed by atoms with E-state index in [1.54, 1.807) is 0 Å². The van der Waals surface area contributed by atoms with Crippen molar-refractivity contribution in [1.82, 2.24) is 5.32 Å². The zero-order valence-corrected chi connectivity index (χ0v) is 8.92. The number of nitrogens with one attached hydrogen (secondary N) is 1. The zero-order chi connectivity index (χ0) is 9.97. The third kappa shape index (κ3) is 2.27. The highest BCUT2D eigenvalue weighted by Gasteiger charge is 2.18. The van der Waals surface area contributed by atoms with Crippen LogP contribution in [0.1, 0.15) is 18.7 Å². The average Bonchev–Trinajstić information content (AvgIpc) is 2.21. The van der Waals surface area contributed by atoms with E-state index in [9.17, 15) is 0 Å². The summed E-state index contributed by atoms with van der Waals surface area (Å²) in [4.78, 5) is 0. The minimum atomic E-state index is 0.0310. The van der Waals surface area contributed by atoms with Gasteiger partial charge in [0, 0.05) is 11.6 Å². The largest absolute Gasteiger partial charge is 0.359 e. The lowest BCUT2D eigenvalue weighted by Crippen LogP contribution is -2.36. The third-order valence-corrected chi connectivity index (χ3v) is 2.62. The molecule has 1 aliphatic heterocycles. The molecule has 14 heavy (non-hydrogen) atoms. The second kappa shape index (κ2) is 4.30. The fourth-order valence-corrected chi connectivity index (χ4v) is 1.66. The number of halogens is 1. The van der Waals surface area contributed by atoms with Gasteiger partial charge in [0.15, 0.2) is 0 Å². The molecule has 76 valence electrons. The van der Waals surface area contributed by atoms with Gasteiger partial charge in [-0.05, 0) is 23.6 Å². The summed E-state index contributed by atoms with van der Waals surface area (Å²) >= 11 is 5.81. The van der Waals surface area contributed by atoms with Crippen LogP contribution in [0.15, 0.2) is 24.3 Å². The lowest BCUT2D eigenvalue weighted by Gasteiger charge is -2.28. The lowest BCUT2D eigenvalue weighted by molar-refractivity contribution is -0.0254. The highest BCUT2D eigenvalue weighted by atomic mass is 35.5. The van der Waals surface area contributed by atoms with Crippen LogP contribution >= 0.6 is 11.6 Å². The quantitative estimate of drug-likeness (QED) is 0.771. The smallest absolute Gasteiger partial charge is 0.134 e. The van der Waals surface area contributed by atoms with E-state index in [0.717, 1.165) is 23.7 Å². The van der Waals surface area contributed by atoms with E-state index in [4.69, 9.17) is 16.3 Å². The number of hydrogen-bond donors (Lipinski definition) is 1. The van der Waals surface area contributed by atoms with Gasteiger partial charge in [-0.25, -0.2) is 0 Å². The first kappa shape index (κ1) is 9.97. The van der Waals surface area contributed by atoms with Crippen molar-refractivity contribution in [3.63, 3.8) is 0 Å². The second-order valence-corrected chi connectivity index (χ2v) is 4.21. The van der Waals surface area contributed by atoms with Crippen molar-refractivity contribution in [1.29, 1.82) is 0 Å². The standard InChI is InChI=1S/C11H14ClNO/c1-8-6-13-11(14-7-8)9-2-4-10(12)5-3-9/h2-5,8,11,13H,6-7H2,1H3. The molecule has 0 saturated carbocycles. The highest BCUT2D eigenvalue weighted by molar-refractivity contribution is 6.30. The molecule has 0 amide bonds. The Morgan fingerprint density at radius 3 is 2.64 bits per heavy atom. The van der Waals surface area contributed by atoms with Crippen LogP contribution in [-0.2, 0) is 4.74 Å². The molecule has 2 nitrogen and oxygen atoms in total. The van der Waals surface area contributed by atoms with Gasteiger partial charge >= 0.3 is 0 Å². The Kier molecular flexibility index (Phi) is 3.06. The molecule has 0 spiro atoms. The summed E-state index contributed by atoms with van der Waals surface area (Å²) in [5, 5.41) is 4.10. The summed E-state index contributed by atoms with van der Waals surface area (Å²) < 4.78 is 5.66. The second-order valence-electron chi connectivity index (χ2n) is 3.78. The van der Waals surface area contributed by atoms with E-state index in [-0.39, 0.29) is 6.23 Å². The van der Waals surface area contributed by atoms with Crippen LogP contribution in [0.3, 0.4) is 0 Å². The molecule has 2 rings (SSSR count). The van der Waals surface area contributed by atoms with E-state index in [1.807, 2.05) is 24.3 Å². The fraction of sp³-hybridized carbons (Fsp3) is 0.455. The van der Waals surface area contributed by atoms with E-state index in [1.165, 1.54) is 0 Å². The number of benzene rings is 1. The van der Waals surface area contributed by atoms with E-state index in [0.29, 0.717) is 5.92 Å². The molecular weight excluding hydrogens is 198 g/mol. The zero-order valence-electron chi connectivity index (χ0n) is 8.16. The Bertz CT molecular complexity index is 291. The molecule has 2 unspecified atom stereocenters. The first-order valence-electron chi connectivity index (χ1n) is 4.86. The van der Waals surface area contributed by atoms with Crippen LogP contribution in [0.2, 0.25) is 5.02 Å². The molecule has 1 N–H and O–H groups in total. The molecule has 0 aliphatic carbocycles. The molecule has 1 aromatic rings. The Morgan fingerprint density at radius 2 is 2.07 bits per heavy atom. The number of rotatable bonds is 1. The Hall–Kier alpha value is -0.570. The molecule has 1 fully saturated rings. The summed E-state index contributed by atoms with van der Waals surface area (Å²) in [5.41, 5.74) is 1.14. The van der Waals surface area contributed by atoms with Crippen molar-refractivity contribution < 1.29 is 4.74 Å². The van der Waals surface area contributed by atoms with Gasteiger partial charge in [-0.15, -0.1) is 0 Å². The van der Waals surface area contributed by atoms with Crippen LogP contribution in [-0.4, -0.2) is 13.2 Å². The maximum Gasteiger partial charge on any atom is 0.134 e. The molecule has 2 atom stereocenters. The van der Waals surface area contributed by atoms with Gasteiger partial charge in [0.25, 0.3) is 0 Å². The Labute approximate surface area is 89.2 Å². The lowest BCUT2D eigenvalue weighted by atomic mass is 10.1. The molecular formula is C11H14ClNO. The van der Waals surface area contributed by atoms with Crippen molar-refractivity contribution in [3.05, 3.63) is 34.9 Å². The Morgan fingerprint density at radius 1 is 1.36 bits per heavy atom. The van der Waals surface area contributed by atoms with Crippen LogP contribution < -0.4 is 5.32 Å². The van der Waals surface area contributed by atoms with Crippen molar-refractivity contribution in [2.24, 2.45) is 5.92 Å². The first-order valence-corrected chi connectivity index (χ1v) is 5.24. The predicted molar refractivity (Wildman–Crippen MR) is 57.3 cm³/mol. The van der Waals surface area contributed by atoms with Gasteiger partial charge in [0.2, 0.25) is 0 Å². The van der Waals surface area contributed by atoms with Crippen LogP contribution in [0.4, 0.5) is 0 Å². The summed E-state index contributed by atoms with van der Waals surface area (Å²) in [6.07, 6.45) is 0.0310. The maximum atomic E-state index is 5.81. The summed E-state index contributed by atoms with van der Waals surface area (Å²) in [6.45, 7) is 4.00. The van der Waals surface area contributed by atoms with Crippen molar-refractivity contribution >= 4 is 11.6 Å². The minimum Gasteiger partial charge on any atom is -0.359 e. The molecule has 0 bridgehead atoms. The molecule has 0 radical (unpaired) electrons. The van der Waals surface area contributed by atoms with E-state index in [2.05, 4.69) is 12.2 Å². The van der Waals surface area contributed by atoms with Crippen LogP contribution in [0, 0.1) is 5.92 Å². The summed E-state index contributed by atoms with van der Waals surface area (Å²) in [5.74, 6) is 0.596. The predicted octanol–water partition coefficient (Wildman–Crippen LogP) is 2.59. The van der Waals surface area contributed by atoms with Gasteiger partial charge < -0.3 is 4.74 Å². The van der Waals surface area contributed by atoms with Crippen LogP contribution in [0.25, 0.3) is 0 Å². The molecule has 1 aliphatic rings. The average molecular weight is 212 g/mol. The molecule has 1 aromatic carbocycles. The van der Waals surface area contributed by atoms with Gasteiger partial charge in [-0.3, -0.25) is 5.32 Å². The third-order valence-electron chi connectivity index (χ3n) is 2.37. The van der Waals surface area contributed by atoms with Gasteiger partial charge in [-0.2, -0.15) is 0 Å². The van der Waals surface area contributed by atoms with Gasteiger partial charge in [0.05, 0.1) is 6.61 Å². The molecule has 0 aromatic heterocycles. The minimum absolute atomic E-state index is 0.0310. The molecule has 1 saturated heterocycles. The molecule has 1 heterocycles. The first-order chi connectivity index (χ1) is 6.75. The topological polar surface area (TPSA) is 21.3 Å². The van der Waals surface area contributed by atoms with Gasteiger partial charge in [0.1, 0.15) is 6.23 Å². The summed E-state index contributed by atoms with van der Waals surface area (Å²) in [6, 6.07) is 7.77. The fourth-order valence-electron chi connectivity index (χ4n) is 1.54. The van der Waals surface area contributed by atoms with Gasteiger partial charge in [-0.1, -0.05) is 30.7 Å². The Balaban J connectivity index is 2.05. The van der Waals surface area contributed by atoms with E-state index >= 15 is 0 Å². The van der Waals surface area contributed by atoms with Crippen molar-refractivity contribution in [2.45, 2.75) is 13.2 Å². The van der Waals surface area contributed by atoms with E-state index < -0.39 is 0 Å². The van der Waals surface area contributed by atoms with Crippen molar-refractivity contribution in [3.8, 4) is 0 Å². The monoisotopic (exact) mass is 211 g/mol. The normalized spacial score (nSPS) is 27.6. The molecule has 3 heteroatoms. The SMILES string of the molecule is CC1CNC(c2ccc(Cl)cc2)OC1. The highest BCUT2D eigenvalue weighted by Crippen LogP contribution is 2.21. The maximum absolute atomic E-state index is 5.81. The van der Waals surface area contributed by atoms with Crippen LogP contribution in [0.5, 0.6) is 0 Å². The number of hydrogen-bond acceptors (Lipinski definition) is 2. The van der Waals surface area contributed by atoms with Crippen molar-refractivity contribution in [2.75, 3.05) is 13.2 Å².